The minimum absolute atomic E-state index is 0.00996. The number of aromatic nitrogens is 1. The van der Waals surface area contributed by atoms with Crippen LogP contribution in [0.5, 0.6) is 5.75 Å². The molecule has 1 saturated heterocycles. The second kappa shape index (κ2) is 8.01. The molecule has 2 heterocycles. The Kier molecular flexibility index (Phi) is 5.89. The number of sulfonamides is 1. The Morgan fingerprint density at radius 2 is 2.04 bits per heavy atom. The first kappa shape index (κ1) is 19.9. The first-order chi connectivity index (χ1) is 12.8. The molecule has 3 N–H and O–H groups in total. The Morgan fingerprint density at radius 3 is 2.67 bits per heavy atom. The molecule has 0 atom stereocenters. The fraction of sp³-hybridized carbons (Fsp3) is 0.562. The van der Waals surface area contributed by atoms with Crippen molar-refractivity contribution in [3.05, 3.63) is 16.2 Å². The molecule has 2 amide bonds. The molecule has 1 aliphatic heterocycles. The van der Waals surface area contributed by atoms with Gasteiger partial charge in [0.2, 0.25) is 15.9 Å². The SMILES string of the molecule is O=C(CNC(=O)c1nc(N2CCCCS2(=O)=O)cc(Br)c1O)NC1CCC1. The van der Waals surface area contributed by atoms with Gasteiger partial charge >= 0.3 is 0 Å². The average Bonchev–Trinajstić information content (AvgIpc) is 2.58. The molecule has 9 nitrogen and oxygen atoms in total. The normalized spacial score (nSPS) is 19.2. The number of halogens is 1. The maximum Gasteiger partial charge on any atom is 0.274 e. The number of hydrogen-bond acceptors (Lipinski definition) is 6. The van der Waals surface area contributed by atoms with E-state index in [-0.39, 0.29) is 46.8 Å². The van der Waals surface area contributed by atoms with Gasteiger partial charge in [0.05, 0.1) is 16.8 Å². The monoisotopic (exact) mass is 460 g/mol. The van der Waals surface area contributed by atoms with E-state index in [0.29, 0.717) is 12.8 Å². The molecule has 0 spiro atoms. The largest absolute Gasteiger partial charge is 0.504 e. The van der Waals surface area contributed by atoms with Crippen LogP contribution < -0.4 is 14.9 Å². The summed E-state index contributed by atoms with van der Waals surface area (Å²) in [6, 6.07) is 1.51. The van der Waals surface area contributed by atoms with E-state index in [2.05, 4.69) is 31.5 Å². The number of nitrogens with zero attached hydrogens (tertiary/aromatic N) is 2. The van der Waals surface area contributed by atoms with Gasteiger partial charge in [0.15, 0.2) is 11.4 Å². The third-order valence-electron chi connectivity index (χ3n) is 4.63. The number of nitrogens with one attached hydrogen (secondary N) is 2. The highest BCUT2D eigenvalue weighted by atomic mass is 79.9. The van der Waals surface area contributed by atoms with Gasteiger partial charge < -0.3 is 15.7 Å². The lowest BCUT2D eigenvalue weighted by Gasteiger charge is -2.28. The first-order valence-corrected chi connectivity index (χ1v) is 11.2. The summed E-state index contributed by atoms with van der Waals surface area (Å²) in [5, 5.41) is 15.3. The number of carbonyl (C=O) groups is 2. The van der Waals surface area contributed by atoms with Crippen molar-refractivity contribution in [2.75, 3.05) is 23.1 Å². The lowest BCUT2D eigenvalue weighted by molar-refractivity contribution is -0.121. The molecule has 3 rings (SSSR count). The van der Waals surface area contributed by atoms with Crippen molar-refractivity contribution in [3.63, 3.8) is 0 Å². The third kappa shape index (κ3) is 4.52. The highest BCUT2D eigenvalue weighted by Crippen LogP contribution is 2.32. The zero-order chi connectivity index (χ0) is 19.6. The quantitative estimate of drug-likeness (QED) is 0.597. The number of rotatable bonds is 5. The van der Waals surface area contributed by atoms with E-state index in [0.717, 1.165) is 23.6 Å². The van der Waals surface area contributed by atoms with Crippen LogP contribution in [0.2, 0.25) is 0 Å². The van der Waals surface area contributed by atoms with Crippen LogP contribution in [0, 0.1) is 0 Å². The van der Waals surface area contributed by atoms with E-state index < -0.39 is 21.7 Å². The Morgan fingerprint density at radius 1 is 1.30 bits per heavy atom. The standard InChI is InChI=1S/C16H21BrN4O5S/c17-11-8-12(21-6-1-2-7-27(21,25)26)20-14(15(11)23)16(24)18-9-13(22)19-10-4-3-5-10/h8,10,23H,1-7,9H2,(H,18,24)(H,19,22). The first-order valence-electron chi connectivity index (χ1n) is 8.75. The summed E-state index contributed by atoms with van der Waals surface area (Å²) in [5.74, 6) is -1.42. The zero-order valence-electron chi connectivity index (χ0n) is 14.6. The van der Waals surface area contributed by atoms with E-state index in [4.69, 9.17) is 0 Å². The highest BCUT2D eigenvalue weighted by molar-refractivity contribution is 9.10. The Bertz CT molecular complexity index is 857. The highest BCUT2D eigenvalue weighted by Gasteiger charge is 2.29. The van der Waals surface area contributed by atoms with Gasteiger partial charge in [-0.2, -0.15) is 0 Å². The predicted octanol–water partition coefficient (Wildman–Crippen LogP) is 0.878. The Balaban J connectivity index is 1.75. The van der Waals surface area contributed by atoms with E-state index in [9.17, 15) is 23.1 Å². The molecular weight excluding hydrogens is 440 g/mol. The topological polar surface area (TPSA) is 129 Å². The summed E-state index contributed by atoms with van der Waals surface area (Å²) in [4.78, 5) is 28.3. The summed E-state index contributed by atoms with van der Waals surface area (Å²) in [6.07, 6.45) is 4.20. The van der Waals surface area contributed by atoms with Crippen LogP contribution in [0.15, 0.2) is 10.5 Å². The van der Waals surface area contributed by atoms with Crippen LogP contribution in [0.1, 0.15) is 42.6 Å². The molecular formula is C16H21BrN4O5S. The van der Waals surface area contributed by atoms with Crippen LogP contribution in [-0.4, -0.2) is 55.2 Å². The second-order valence-corrected chi connectivity index (χ2v) is 9.50. The zero-order valence-corrected chi connectivity index (χ0v) is 17.0. The molecule has 0 radical (unpaired) electrons. The van der Waals surface area contributed by atoms with Crippen molar-refractivity contribution in [1.29, 1.82) is 0 Å². The van der Waals surface area contributed by atoms with Crippen molar-refractivity contribution < 1.29 is 23.1 Å². The van der Waals surface area contributed by atoms with Gasteiger partial charge in [0.25, 0.3) is 5.91 Å². The van der Waals surface area contributed by atoms with Crippen LogP contribution in [-0.2, 0) is 14.8 Å². The van der Waals surface area contributed by atoms with Gasteiger partial charge in [-0.3, -0.25) is 13.9 Å². The molecule has 1 aromatic heterocycles. The molecule has 27 heavy (non-hydrogen) atoms. The van der Waals surface area contributed by atoms with E-state index in [1.54, 1.807) is 0 Å². The van der Waals surface area contributed by atoms with Gasteiger partial charge in [-0.1, -0.05) is 0 Å². The summed E-state index contributed by atoms with van der Waals surface area (Å²) in [5.41, 5.74) is -0.336. The number of amides is 2. The molecule has 1 saturated carbocycles. The van der Waals surface area contributed by atoms with E-state index in [1.165, 1.54) is 6.07 Å². The number of anilines is 1. The van der Waals surface area contributed by atoms with Crippen LogP contribution in [0.25, 0.3) is 0 Å². The predicted molar refractivity (Wildman–Crippen MR) is 102 cm³/mol. The van der Waals surface area contributed by atoms with Gasteiger partial charge in [-0.25, -0.2) is 13.4 Å². The van der Waals surface area contributed by atoms with Gasteiger partial charge in [-0.15, -0.1) is 0 Å². The number of pyridine rings is 1. The molecule has 11 heteroatoms. The molecule has 0 bridgehead atoms. The number of hydrogen-bond donors (Lipinski definition) is 3. The summed E-state index contributed by atoms with van der Waals surface area (Å²) in [7, 11) is -3.51. The van der Waals surface area contributed by atoms with Gasteiger partial charge in [-0.05, 0) is 54.1 Å². The van der Waals surface area contributed by atoms with E-state index >= 15 is 0 Å². The average molecular weight is 461 g/mol. The second-order valence-electron chi connectivity index (χ2n) is 6.63. The van der Waals surface area contributed by atoms with Crippen molar-refractivity contribution in [3.8, 4) is 5.75 Å². The number of carbonyl (C=O) groups excluding carboxylic acids is 2. The molecule has 148 valence electrons. The van der Waals surface area contributed by atoms with Crippen molar-refractivity contribution >= 4 is 43.6 Å². The lowest BCUT2D eigenvalue weighted by atomic mass is 9.93. The lowest BCUT2D eigenvalue weighted by Crippen LogP contribution is -2.44. The van der Waals surface area contributed by atoms with Crippen molar-refractivity contribution in [2.24, 2.45) is 0 Å². The summed E-state index contributed by atoms with van der Waals surface area (Å²) < 4.78 is 25.8. The summed E-state index contributed by atoms with van der Waals surface area (Å²) in [6.45, 7) is 0.0116. The maximum absolute atomic E-state index is 12.4. The smallest absolute Gasteiger partial charge is 0.274 e. The van der Waals surface area contributed by atoms with Gasteiger partial charge in [0.1, 0.15) is 5.82 Å². The molecule has 0 unspecified atom stereocenters. The molecule has 0 aromatic carbocycles. The fourth-order valence-electron chi connectivity index (χ4n) is 2.90. The van der Waals surface area contributed by atoms with Crippen LogP contribution >= 0.6 is 15.9 Å². The molecule has 2 fully saturated rings. The van der Waals surface area contributed by atoms with Crippen LogP contribution in [0.4, 0.5) is 5.82 Å². The third-order valence-corrected chi connectivity index (χ3v) is 7.08. The fourth-order valence-corrected chi connectivity index (χ4v) is 4.87. The minimum atomic E-state index is -3.51. The van der Waals surface area contributed by atoms with Crippen LogP contribution in [0.3, 0.4) is 0 Å². The summed E-state index contributed by atoms with van der Waals surface area (Å²) >= 11 is 3.13. The number of aromatic hydroxyl groups is 1. The molecule has 1 aliphatic carbocycles. The van der Waals surface area contributed by atoms with Crippen molar-refractivity contribution in [2.45, 2.75) is 38.1 Å². The van der Waals surface area contributed by atoms with Gasteiger partial charge in [0, 0.05) is 12.6 Å². The molecule has 1 aromatic rings. The maximum atomic E-state index is 12.4. The van der Waals surface area contributed by atoms with Crippen molar-refractivity contribution in [1.82, 2.24) is 15.6 Å². The Hall–Kier alpha value is -1.88. The van der Waals surface area contributed by atoms with E-state index in [1.807, 2.05) is 0 Å². The minimum Gasteiger partial charge on any atom is -0.504 e. The molecule has 2 aliphatic rings. The Labute approximate surface area is 165 Å².